The van der Waals surface area contributed by atoms with Gasteiger partial charge in [0.05, 0.1) is 5.39 Å². The molecule has 0 unspecified atom stereocenters. The lowest BCUT2D eigenvalue weighted by atomic mass is 10.2. The van der Waals surface area contributed by atoms with Gasteiger partial charge in [0.2, 0.25) is 0 Å². The van der Waals surface area contributed by atoms with E-state index in [1.165, 1.54) is 0 Å². The third-order valence-corrected chi connectivity index (χ3v) is 2.19. The standard InChI is InChI=1S/C10H12N2O/c1-3-12(2)10-8-6-4-5-7-9(8)13-11-10/h4-7H,3H2,1-2H3. The van der Waals surface area contributed by atoms with Crippen molar-refractivity contribution in [1.82, 2.24) is 5.16 Å². The summed E-state index contributed by atoms with van der Waals surface area (Å²) in [7, 11) is 2.00. The minimum absolute atomic E-state index is 0.845. The maximum atomic E-state index is 5.18. The van der Waals surface area contributed by atoms with E-state index in [-0.39, 0.29) is 0 Å². The fourth-order valence-electron chi connectivity index (χ4n) is 1.30. The summed E-state index contributed by atoms with van der Waals surface area (Å²) in [6.45, 7) is 3.01. The van der Waals surface area contributed by atoms with Crippen LogP contribution in [-0.2, 0) is 0 Å². The molecule has 3 heteroatoms. The summed E-state index contributed by atoms with van der Waals surface area (Å²) < 4.78 is 5.18. The van der Waals surface area contributed by atoms with Crippen LogP contribution in [0.1, 0.15) is 6.92 Å². The van der Waals surface area contributed by atoms with Gasteiger partial charge in [-0.2, -0.15) is 0 Å². The smallest absolute Gasteiger partial charge is 0.179 e. The second-order valence-corrected chi connectivity index (χ2v) is 3.02. The molecular formula is C10H12N2O. The highest BCUT2D eigenvalue weighted by atomic mass is 16.5. The molecule has 0 saturated carbocycles. The van der Waals surface area contributed by atoms with E-state index in [0.717, 1.165) is 23.3 Å². The van der Waals surface area contributed by atoms with Gasteiger partial charge in [-0.15, -0.1) is 0 Å². The summed E-state index contributed by atoms with van der Waals surface area (Å²) in [4.78, 5) is 2.06. The number of rotatable bonds is 2. The molecule has 0 amide bonds. The number of nitrogens with zero attached hydrogens (tertiary/aromatic N) is 2. The van der Waals surface area contributed by atoms with Crippen LogP contribution < -0.4 is 4.90 Å². The molecule has 1 heterocycles. The van der Waals surface area contributed by atoms with Crippen molar-refractivity contribution < 1.29 is 4.52 Å². The largest absolute Gasteiger partial charge is 0.357 e. The molecule has 0 atom stereocenters. The van der Waals surface area contributed by atoms with Crippen LogP contribution in [0.4, 0.5) is 5.82 Å². The second kappa shape index (κ2) is 3.09. The summed E-state index contributed by atoms with van der Waals surface area (Å²) in [6.07, 6.45) is 0. The molecule has 0 N–H and O–H groups in total. The molecule has 0 fully saturated rings. The van der Waals surface area contributed by atoms with Crippen LogP contribution in [0.15, 0.2) is 28.8 Å². The number of hydrogen-bond acceptors (Lipinski definition) is 3. The number of aromatic nitrogens is 1. The van der Waals surface area contributed by atoms with E-state index in [1.54, 1.807) is 0 Å². The van der Waals surface area contributed by atoms with Gasteiger partial charge in [-0.1, -0.05) is 17.3 Å². The van der Waals surface area contributed by atoms with Gasteiger partial charge in [-0.25, -0.2) is 0 Å². The number of fused-ring (bicyclic) bond motifs is 1. The normalized spacial score (nSPS) is 10.6. The van der Waals surface area contributed by atoms with Gasteiger partial charge in [0.25, 0.3) is 0 Å². The third kappa shape index (κ3) is 1.26. The highest BCUT2D eigenvalue weighted by Crippen LogP contribution is 2.24. The molecule has 0 spiro atoms. The predicted octanol–water partition coefficient (Wildman–Crippen LogP) is 2.28. The van der Waals surface area contributed by atoms with Gasteiger partial charge < -0.3 is 9.42 Å². The van der Waals surface area contributed by atoms with E-state index >= 15 is 0 Å². The Labute approximate surface area is 76.9 Å². The van der Waals surface area contributed by atoms with Crippen LogP contribution in [0.5, 0.6) is 0 Å². The maximum Gasteiger partial charge on any atom is 0.179 e. The van der Waals surface area contributed by atoms with Crippen LogP contribution in [0.25, 0.3) is 11.0 Å². The lowest BCUT2D eigenvalue weighted by Gasteiger charge is -2.11. The van der Waals surface area contributed by atoms with Gasteiger partial charge in [-0.05, 0) is 19.1 Å². The molecule has 2 rings (SSSR count). The van der Waals surface area contributed by atoms with Crippen LogP contribution >= 0.6 is 0 Å². The fraction of sp³-hybridized carbons (Fsp3) is 0.300. The maximum absolute atomic E-state index is 5.18. The highest BCUT2D eigenvalue weighted by molar-refractivity contribution is 5.88. The van der Waals surface area contributed by atoms with Gasteiger partial charge in [0.15, 0.2) is 11.4 Å². The molecule has 2 aromatic rings. The third-order valence-electron chi connectivity index (χ3n) is 2.19. The molecule has 1 aromatic carbocycles. The Morgan fingerprint density at radius 1 is 1.38 bits per heavy atom. The Morgan fingerprint density at radius 2 is 2.15 bits per heavy atom. The lowest BCUT2D eigenvalue weighted by molar-refractivity contribution is 0.456. The SMILES string of the molecule is CCN(C)c1noc2ccccc12. The average Bonchev–Trinajstić information content (AvgIpc) is 2.60. The molecule has 0 aliphatic rings. The molecule has 0 aliphatic carbocycles. The number of para-hydroxylation sites is 1. The molecule has 0 saturated heterocycles. The van der Waals surface area contributed by atoms with E-state index in [2.05, 4.69) is 17.0 Å². The monoisotopic (exact) mass is 176 g/mol. The van der Waals surface area contributed by atoms with Crippen molar-refractivity contribution in [2.75, 3.05) is 18.5 Å². The first-order chi connectivity index (χ1) is 6.33. The van der Waals surface area contributed by atoms with Crippen LogP contribution in [0.3, 0.4) is 0 Å². The second-order valence-electron chi connectivity index (χ2n) is 3.02. The lowest BCUT2D eigenvalue weighted by Crippen LogP contribution is -2.16. The van der Waals surface area contributed by atoms with Gasteiger partial charge >= 0.3 is 0 Å². The summed E-state index contributed by atoms with van der Waals surface area (Å²) in [5.74, 6) is 0.915. The number of anilines is 1. The van der Waals surface area contributed by atoms with Crippen molar-refractivity contribution >= 4 is 16.8 Å². The van der Waals surface area contributed by atoms with Crippen molar-refractivity contribution in [1.29, 1.82) is 0 Å². The quantitative estimate of drug-likeness (QED) is 0.703. The Balaban J connectivity index is 2.57. The zero-order valence-corrected chi connectivity index (χ0v) is 7.82. The van der Waals surface area contributed by atoms with Crippen LogP contribution in [0, 0.1) is 0 Å². The summed E-state index contributed by atoms with van der Waals surface area (Å²) in [6, 6.07) is 7.89. The zero-order valence-electron chi connectivity index (χ0n) is 7.82. The average molecular weight is 176 g/mol. The Kier molecular flexibility index (Phi) is 1.93. The fourth-order valence-corrected chi connectivity index (χ4v) is 1.30. The Bertz CT molecular complexity index is 408. The summed E-state index contributed by atoms with van der Waals surface area (Å²) >= 11 is 0. The van der Waals surface area contributed by atoms with Crippen molar-refractivity contribution in [3.63, 3.8) is 0 Å². The van der Waals surface area contributed by atoms with E-state index < -0.39 is 0 Å². The van der Waals surface area contributed by atoms with Crippen LogP contribution in [-0.4, -0.2) is 18.7 Å². The first-order valence-corrected chi connectivity index (χ1v) is 4.38. The topological polar surface area (TPSA) is 29.3 Å². The summed E-state index contributed by atoms with van der Waals surface area (Å²) in [5.41, 5.74) is 0.845. The number of benzene rings is 1. The molecular weight excluding hydrogens is 164 g/mol. The molecule has 68 valence electrons. The van der Waals surface area contributed by atoms with Crippen molar-refractivity contribution in [3.05, 3.63) is 24.3 Å². The molecule has 13 heavy (non-hydrogen) atoms. The molecule has 0 bridgehead atoms. The van der Waals surface area contributed by atoms with Gasteiger partial charge in [0.1, 0.15) is 0 Å². The van der Waals surface area contributed by atoms with E-state index in [1.807, 2.05) is 31.3 Å². The van der Waals surface area contributed by atoms with E-state index in [4.69, 9.17) is 4.52 Å². The number of hydrogen-bond donors (Lipinski definition) is 0. The highest BCUT2D eigenvalue weighted by Gasteiger charge is 2.09. The van der Waals surface area contributed by atoms with E-state index in [9.17, 15) is 0 Å². The molecule has 0 radical (unpaired) electrons. The Hall–Kier alpha value is -1.51. The van der Waals surface area contributed by atoms with Crippen LogP contribution in [0.2, 0.25) is 0 Å². The van der Waals surface area contributed by atoms with Crippen molar-refractivity contribution in [2.24, 2.45) is 0 Å². The molecule has 1 aromatic heterocycles. The Morgan fingerprint density at radius 3 is 2.92 bits per heavy atom. The zero-order chi connectivity index (χ0) is 9.26. The van der Waals surface area contributed by atoms with Crippen molar-refractivity contribution in [2.45, 2.75) is 6.92 Å². The molecule has 0 aliphatic heterocycles. The predicted molar refractivity (Wildman–Crippen MR) is 53.0 cm³/mol. The minimum atomic E-state index is 0.845. The van der Waals surface area contributed by atoms with E-state index in [0.29, 0.717) is 0 Å². The van der Waals surface area contributed by atoms with Gasteiger partial charge in [0, 0.05) is 13.6 Å². The summed E-state index contributed by atoms with van der Waals surface area (Å²) in [5, 5.41) is 5.09. The van der Waals surface area contributed by atoms with Gasteiger partial charge in [-0.3, -0.25) is 0 Å². The minimum Gasteiger partial charge on any atom is -0.357 e. The molecule has 3 nitrogen and oxygen atoms in total. The van der Waals surface area contributed by atoms with Crippen molar-refractivity contribution in [3.8, 4) is 0 Å². The first kappa shape index (κ1) is 8.10. The first-order valence-electron chi connectivity index (χ1n) is 4.38.